The lowest BCUT2D eigenvalue weighted by atomic mass is 9.71. The van der Waals surface area contributed by atoms with E-state index < -0.39 is 0 Å². The Hall–Kier alpha value is -1.44. The molecule has 0 bridgehead atoms. The van der Waals surface area contributed by atoms with Crippen molar-refractivity contribution in [2.75, 3.05) is 0 Å². The van der Waals surface area contributed by atoms with Crippen LogP contribution in [-0.2, 0) is 6.42 Å². The molecule has 0 aromatic heterocycles. The van der Waals surface area contributed by atoms with Gasteiger partial charge in [0.1, 0.15) is 17.1 Å². The topological polar surface area (TPSA) is 29.5 Å². The Kier molecular flexibility index (Phi) is 5.46. The highest BCUT2D eigenvalue weighted by molar-refractivity contribution is 5.53. The predicted molar refractivity (Wildman–Crippen MR) is 104 cm³/mol. The van der Waals surface area contributed by atoms with E-state index in [-0.39, 0.29) is 11.5 Å². The van der Waals surface area contributed by atoms with Crippen LogP contribution in [0, 0.1) is 5.92 Å². The summed E-state index contributed by atoms with van der Waals surface area (Å²) < 4.78 is 6.40. The van der Waals surface area contributed by atoms with Crippen LogP contribution in [0.3, 0.4) is 0 Å². The van der Waals surface area contributed by atoms with Crippen molar-refractivity contribution < 1.29 is 9.84 Å². The number of fused-ring (bicyclic) bond motifs is 3. The molecule has 1 aromatic carbocycles. The molecule has 0 saturated heterocycles. The fourth-order valence-corrected chi connectivity index (χ4v) is 4.66. The number of allylic oxidation sites excluding steroid dienone is 2. The van der Waals surface area contributed by atoms with Crippen LogP contribution in [0.4, 0.5) is 0 Å². The van der Waals surface area contributed by atoms with Crippen LogP contribution >= 0.6 is 0 Å². The van der Waals surface area contributed by atoms with Crippen molar-refractivity contribution in [3.8, 4) is 11.5 Å². The summed E-state index contributed by atoms with van der Waals surface area (Å²) in [6.07, 6.45) is 12.0. The summed E-state index contributed by atoms with van der Waals surface area (Å²) in [5.41, 5.74) is 3.47. The van der Waals surface area contributed by atoms with E-state index in [0.717, 1.165) is 30.6 Å². The van der Waals surface area contributed by atoms with Gasteiger partial charge in [0.2, 0.25) is 0 Å². The Morgan fingerprint density at radius 3 is 2.68 bits per heavy atom. The van der Waals surface area contributed by atoms with Gasteiger partial charge in [0.15, 0.2) is 0 Å². The highest BCUT2D eigenvalue weighted by Gasteiger charge is 2.45. The Morgan fingerprint density at radius 1 is 1.16 bits per heavy atom. The number of unbranched alkanes of at least 4 members (excludes halogenated alkanes) is 4. The minimum Gasteiger partial charge on any atom is -0.507 e. The van der Waals surface area contributed by atoms with E-state index in [1.54, 1.807) is 0 Å². The van der Waals surface area contributed by atoms with Crippen molar-refractivity contribution in [3.05, 3.63) is 34.9 Å². The molecule has 1 aliphatic heterocycles. The number of aromatic hydroxyl groups is 1. The molecular formula is C23H34O2. The zero-order chi connectivity index (χ0) is 18.0. The van der Waals surface area contributed by atoms with Crippen molar-refractivity contribution in [1.29, 1.82) is 0 Å². The first kappa shape index (κ1) is 18.4. The lowest BCUT2D eigenvalue weighted by molar-refractivity contribution is 0.0107. The number of ether oxygens (including phenoxy) is 1. The van der Waals surface area contributed by atoms with E-state index >= 15 is 0 Å². The third-order valence-corrected chi connectivity index (χ3v) is 6.10. The first-order chi connectivity index (χ1) is 11.9. The molecule has 0 saturated carbocycles. The maximum Gasteiger partial charge on any atom is 0.127 e. The molecule has 138 valence electrons. The molecular weight excluding hydrogens is 310 g/mol. The zero-order valence-electron chi connectivity index (χ0n) is 16.4. The van der Waals surface area contributed by atoms with Gasteiger partial charge in [-0.3, -0.25) is 0 Å². The number of phenolic OH excluding ortho intramolecular Hbond substituents is 1. The molecule has 1 heterocycles. The Bertz CT molecular complexity index is 642. The second kappa shape index (κ2) is 7.43. The van der Waals surface area contributed by atoms with Gasteiger partial charge < -0.3 is 9.84 Å². The quantitative estimate of drug-likeness (QED) is 0.362. The number of rotatable bonds is 6. The van der Waals surface area contributed by atoms with Crippen LogP contribution in [0.15, 0.2) is 23.8 Å². The number of hydrogen-bond donors (Lipinski definition) is 1. The average Bonchev–Trinajstić information content (AvgIpc) is 2.53. The van der Waals surface area contributed by atoms with Crippen LogP contribution in [0.1, 0.15) is 89.7 Å². The SMILES string of the molecule is CCCCCCCc1cc(O)c2c(c1)OC([13CH3])([13CH3])C1CCC(C)=CC21. The molecule has 2 heteroatoms. The van der Waals surface area contributed by atoms with E-state index in [1.165, 1.54) is 43.2 Å². The number of hydrogen-bond acceptors (Lipinski definition) is 2. The van der Waals surface area contributed by atoms with Gasteiger partial charge in [0.25, 0.3) is 0 Å². The van der Waals surface area contributed by atoms with Gasteiger partial charge >= 0.3 is 0 Å². The molecule has 1 N–H and O–H groups in total. The fourth-order valence-electron chi connectivity index (χ4n) is 4.66. The lowest BCUT2D eigenvalue weighted by Crippen LogP contribution is -2.45. The minimum absolute atomic E-state index is 0.180. The summed E-state index contributed by atoms with van der Waals surface area (Å²) in [6, 6.07) is 4.17. The lowest BCUT2D eigenvalue weighted by Gasteiger charge is -2.46. The van der Waals surface area contributed by atoms with Gasteiger partial charge in [-0.15, -0.1) is 0 Å². The predicted octanol–water partition coefficient (Wildman–Crippen LogP) is 6.52. The van der Waals surface area contributed by atoms with Gasteiger partial charge in [0.05, 0.1) is 0 Å². The van der Waals surface area contributed by atoms with E-state index in [1.807, 2.05) is 6.07 Å². The Balaban J connectivity index is 1.84. The third-order valence-electron chi connectivity index (χ3n) is 6.10. The molecule has 0 fully saturated rings. The van der Waals surface area contributed by atoms with Gasteiger partial charge in [-0.1, -0.05) is 44.3 Å². The molecule has 2 nitrogen and oxygen atoms in total. The van der Waals surface area contributed by atoms with Crippen LogP contribution in [0.25, 0.3) is 0 Å². The molecule has 2 aliphatic rings. The highest BCUT2D eigenvalue weighted by atomic mass is 16.5. The average molecular weight is 345 g/mol. The number of benzene rings is 1. The molecule has 0 amide bonds. The molecule has 0 spiro atoms. The number of aryl methyl sites for hydroxylation is 1. The van der Waals surface area contributed by atoms with Crippen LogP contribution in [0.5, 0.6) is 11.5 Å². The standard InChI is InChI=1S/C23H34O2/c1-5-6-7-8-9-10-17-14-20(24)22-18-13-16(2)11-12-19(18)23(3,4)25-21(22)15-17/h13-15,18-19,24H,5-12H2,1-4H3/i3+1,4+1. The van der Waals surface area contributed by atoms with Crippen molar-refractivity contribution in [2.45, 2.75) is 90.6 Å². The minimum atomic E-state index is -0.180. The molecule has 0 radical (unpaired) electrons. The summed E-state index contributed by atoms with van der Waals surface area (Å²) >= 11 is 0. The van der Waals surface area contributed by atoms with Gasteiger partial charge in [-0.05, 0) is 64.2 Å². The van der Waals surface area contributed by atoms with Crippen molar-refractivity contribution >= 4 is 0 Å². The van der Waals surface area contributed by atoms with Crippen LogP contribution in [-0.4, -0.2) is 10.7 Å². The van der Waals surface area contributed by atoms with Crippen molar-refractivity contribution in [1.82, 2.24) is 0 Å². The summed E-state index contributed by atoms with van der Waals surface area (Å²) in [5, 5.41) is 10.8. The van der Waals surface area contributed by atoms with E-state index in [9.17, 15) is 5.11 Å². The smallest absolute Gasteiger partial charge is 0.127 e. The van der Waals surface area contributed by atoms with Crippen LogP contribution < -0.4 is 4.74 Å². The summed E-state index contributed by atoms with van der Waals surface area (Å²) in [6.45, 7) is 8.86. The second-order valence-corrected chi connectivity index (χ2v) is 8.58. The molecule has 1 aromatic rings. The number of phenols is 1. The van der Waals surface area contributed by atoms with Gasteiger partial charge in [0, 0.05) is 17.4 Å². The Labute approximate surface area is 153 Å². The van der Waals surface area contributed by atoms with E-state index in [4.69, 9.17) is 4.74 Å². The van der Waals surface area contributed by atoms with Crippen LogP contribution in [0.2, 0.25) is 0 Å². The van der Waals surface area contributed by atoms with Crippen molar-refractivity contribution in [2.24, 2.45) is 5.92 Å². The molecule has 1 aliphatic carbocycles. The third kappa shape index (κ3) is 3.88. The fraction of sp³-hybridized carbons (Fsp3) is 0.652. The highest BCUT2D eigenvalue weighted by Crippen LogP contribution is 2.53. The zero-order valence-corrected chi connectivity index (χ0v) is 16.4. The summed E-state index contributed by atoms with van der Waals surface area (Å²) in [7, 11) is 0. The van der Waals surface area contributed by atoms with Gasteiger partial charge in [-0.2, -0.15) is 0 Å². The first-order valence-electron chi connectivity index (χ1n) is 10.1. The first-order valence-corrected chi connectivity index (χ1v) is 10.1. The molecule has 25 heavy (non-hydrogen) atoms. The van der Waals surface area contributed by atoms with E-state index in [0.29, 0.717) is 11.7 Å². The normalized spacial score (nSPS) is 24.1. The largest absolute Gasteiger partial charge is 0.507 e. The molecule has 2 atom stereocenters. The van der Waals surface area contributed by atoms with Gasteiger partial charge in [-0.25, -0.2) is 0 Å². The monoisotopic (exact) mass is 344 g/mol. The van der Waals surface area contributed by atoms with Crippen molar-refractivity contribution in [3.63, 3.8) is 0 Å². The second-order valence-electron chi connectivity index (χ2n) is 8.58. The summed E-state index contributed by atoms with van der Waals surface area (Å²) in [5.74, 6) is 2.05. The maximum absolute atomic E-state index is 10.8. The Morgan fingerprint density at radius 2 is 1.92 bits per heavy atom. The summed E-state index contributed by atoms with van der Waals surface area (Å²) in [4.78, 5) is 0. The van der Waals surface area contributed by atoms with E-state index in [2.05, 4.69) is 39.8 Å². The molecule has 2 unspecified atom stereocenters. The molecule has 3 rings (SSSR count). The maximum atomic E-state index is 10.8.